The highest BCUT2D eigenvalue weighted by atomic mass is 19.2. The van der Waals surface area contributed by atoms with E-state index in [-0.39, 0.29) is 13.2 Å². The molecule has 106 valence electrons. The van der Waals surface area contributed by atoms with Gasteiger partial charge in [0, 0.05) is 0 Å². The molecule has 0 aliphatic carbocycles. The molecule has 0 radical (unpaired) electrons. The maximum absolute atomic E-state index is 13.1. The van der Waals surface area contributed by atoms with Crippen LogP contribution in [0.15, 0.2) is 36.4 Å². The first-order valence-electron chi connectivity index (χ1n) is 5.98. The highest BCUT2D eigenvalue weighted by molar-refractivity contribution is 5.42. The summed E-state index contributed by atoms with van der Waals surface area (Å²) in [5, 5.41) is 9.09. The summed E-state index contributed by atoms with van der Waals surface area (Å²) in [7, 11) is 1.50. The number of hydrogen-bond acceptors (Lipinski definition) is 3. The molecule has 2 aromatic rings. The largest absolute Gasteiger partial charge is 0.493 e. The second-order valence-electron chi connectivity index (χ2n) is 4.18. The Morgan fingerprint density at radius 1 is 0.950 bits per heavy atom. The highest BCUT2D eigenvalue weighted by Gasteiger charge is 2.07. The maximum Gasteiger partial charge on any atom is 0.162 e. The molecule has 3 nitrogen and oxygen atoms in total. The van der Waals surface area contributed by atoms with Gasteiger partial charge >= 0.3 is 0 Å². The van der Waals surface area contributed by atoms with Crippen LogP contribution in [0.25, 0.3) is 0 Å². The Morgan fingerprint density at radius 3 is 2.35 bits per heavy atom. The summed E-state index contributed by atoms with van der Waals surface area (Å²) in [4.78, 5) is 0. The topological polar surface area (TPSA) is 38.7 Å². The molecule has 5 heteroatoms. The van der Waals surface area contributed by atoms with Crippen molar-refractivity contribution in [1.82, 2.24) is 0 Å². The fourth-order valence-corrected chi connectivity index (χ4v) is 1.72. The molecule has 0 fully saturated rings. The fraction of sp³-hybridized carbons (Fsp3) is 0.200. The van der Waals surface area contributed by atoms with Crippen LogP contribution in [0.2, 0.25) is 0 Å². The Morgan fingerprint density at radius 2 is 1.70 bits per heavy atom. The van der Waals surface area contributed by atoms with Gasteiger partial charge in [-0.15, -0.1) is 0 Å². The van der Waals surface area contributed by atoms with Crippen molar-refractivity contribution in [2.45, 2.75) is 13.2 Å². The molecule has 0 heterocycles. The Kier molecular flexibility index (Phi) is 4.53. The van der Waals surface area contributed by atoms with Gasteiger partial charge in [0.1, 0.15) is 6.61 Å². The standard InChI is InChI=1S/C15H14F2O3/c1-19-14-5-3-10(8-18)7-15(14)20-9-11-2-4-12(16)13(17)6-11/h2-7,18H,8-9H2,1H3. The van der Waals surface area contributed by atoms with Gasteiger partial charge in [0.05, 0.1) is 13.7 Å². The zero-order chi connectivity index (χ0) is 14.5. The van der Waals surface area contributed by atoms with Crippen LogP contribution >= 0.6 is 0 Å². The summed E-state index contributed by atoms with van der Waals surface area (Å²) in [5.74, 6) is -0.871. The maximum atomic E-state index is 13.1. The molecule has 0 atom stereocenters. The number of rotatable bonds is 5. The normalized spacial score (nSPS) is 10.4. The van der Waals surface area contributed by atoms with Gasteiger partial charge in [-0.1, -0.05) is 12.1 Å². The van der Waals surface area contributed by atoms with E-state index in [1.165, 1.54) is 13.2 Å². The van der Waals surface area contributed by atoms with Gasteiger partial charge in [-0.2, -0.15) is 0 Å². The molecule has 0 saturated carbocycles. The molecule has 0 saturated heterocycles. The van der Waals surface area contributed by atoms with Crippen LogP contribution in [0.5, 0.6) is 11.5 Å². The number of halogens is 2. The van der Waals surface area contributed by atoms with Crippen LogP contribution in [-0.4, -0.2) is 12.2 Å². The van der Waals surface area contributed by atoms with Crippen LogP contribution < -0.4 is 9.47 Å². The SMILES string of the molecule is COc1ccc(CO)cc1OCc1ccc(F)c(F)c1. The summed E-state index contributed by atoms with van der Waals surface area (Å²) < 4.78 is 36.6. The summed E-state index contributed by atoms with van der Waals surface area (Å²) in [6, 6.07) is 8.60. The molecule has 0 amide bonds. The smallest absolute Gasteiger partial charge is 0.162 e. The number of benzene rings is 2. The van der Waals surface area contributed by atoms with Crippen LogP contribution in [-0.2, 0) is 13.2 Å². The van der Waals surface area contributed by atoms with Crippen LogP contribution in [0.4, 0.5) is 8.78 Å². The third-order valence-corrected chi connectivity index (χ3v) is 2.79. The molecule has 0 aliphatic heterocycles. The molecular weight excluding hydrogens is 266 g/mol. The summed E-state index contributed by atoms with van der Waals surface area (Å²) in [5.41, 5.74) is 1.17. The van der Waals surface area contributed by atoms with E-state index in [2.05, 4.69) is 0 Å². The van der Waals surface area contributed by atoms with Crippen LogP contribution in [0.1, 0.15) is 11.1 Å². The number of aliphatic hydroxyl groups excluding tert-OH is 1. The van der Waals surface area contributed by atoms with Gasteiger partial charge < -0.3 is 14.6 Å². The molecule has 20 heavy (non-hydrogen) atoms. The van der Waals surface area contributed by atoms with Gasteiger partial charge in [-0.3, -0.25) is 0 Å². The van der Waals surface area contributed by atoms with Crippen molar-refractivity contribution in [2.24, 2.45) is 0 Å². The lowest BCUT2D eigenvalue weighted by Gasteiger charge is -2.12. The highest BCUT2D eigenvalue weighted by Crippen LogP contribution is 2.29. The van der Waals surface area contributed by atoms with E-state index in [4.69, 9.17) is 14.6 Å². The van der Waals surface area contributed by atoms with Crippen molar-refractivity contribution in [1.29, 1.82) is 0 Å². The zero-order valence-electron chi connectivity index (χ0n) is 10.9. The quantitative estimate of drug-likeness (QED) is 0.915. The number of ether oxygens (including phenoxy) is 2. The van der Waals surface area contributed by atoms with Gasteiger partial charge in [0.2, 0.25) is 0 Å². The van der Waals surface area contributed by atoms with Crippen molar-refractivity contribution >= 4 is 0 Å². The average molecular weight is 280 g/mol. The molecule has 0 aromatic heterocycles. The Labute approximate surface area is 115 Å². The summed E-state index contributed by atoms with van der Waals surface area (Å²) >= 11 is 0. The first-order chi connectivity index (χ1) is 9.63. The van der Waals surface area contributed by atoms with E-state index < -0.39 is 11.6 Å². The van der Waals surface area contributed by atoms with Crippen LogP contribution in [0, 0.1) is 11.6 Å². The summed E-state index contributed by atoms with van der Waals surface area (Å²) in [6.45, 7) is -0.0476. The Bertz CT molecular complexity index is 600. The summed E-state index contributed by atoms with van der Waals surface area (Å²) in [6.07, 6.45) is 0. The Hall–Kier alpha value is -2.14. The second-order valence-corrected chi connectivity index (χ2v) is 4.18. The first kappa shape index (κ1) is 14.3. The van der Waals surface area contributed by atoms with E-state index in [1.807, 2.05) is 0 Å². The lowest BCUT2D eigenvalue weighted by Crippen LogP contribution is -2.00. The fourth-order valence-electron chi connectivity index (χ4n) is 1.72. The lowest BCUT2D eigenvalue weighted by atomic mass is 10.2. The van der Waals surface area contributed by atoms with E-state index in [0.717, 1.165) is 12.1 Å². The van der Waals surface area contributed by atoms with E-state index in [9.17, 15) is 8.78 Å². The monoisotopic (exact) mass is 280 g/mol. The van der Waals surface area contributed by atoms with Gasteiger partial charge in [-0.25, -0.2) is 8.78 Å². The van der Waals surface area contributed by atoms with Crippen molar-refractivity contribution in [3.8, 4) is 11.5 Å². The minimum atomic E-state index is -0.915. The third kappa shape index (κ3) is 3.24. The van der Waals surface area contributed by atoms with Gasteiger partial charge in [0.25, 0.3) is 0 Å². The molecule has 0 aliphatic rings. The van der Waals surface area contributed by atoms with Crippen molar-refractivity contribution < 1.29 is 23.4 Å². The van der Waals surface area contributed by atoms with Crippen molar-refractivity contribution in [2.75, 3.05) is 7.11 Å². The van der Waals surface area contributed by atoms with Crippen molar-refractivity contribution in [3.05, 3.63) is 59.2 Å². The van der Waals surface area contributed by atoms with Gasteiger partial charge in [-0.05, 0) is 35.4 Å². The number of aliphatic hydroxyl groups is 1. The molecular formula is C15H14F2O3. The molecule has 1 N–H and O–H groups in total. The number of methoxy groups -OCH3 is 1. The van der Waals surface area contributed by atoms with Gasteiger partial charge in [0.15, 0.2) is 23.1 Å². The molecule has 0 unspecified atom stereocenters. The first-order valence-corrected chi connectivity index (χ1v) is 5.98. The minimum absolute atomic E-state index is 0.0719. The second kappa shape index (κ2) is 6.34. The van der Waals surface area contributed by atoms with E-state index >= 15 is 0 Å². The molecule has 2 rings (SSSR count). The molecule has 2 aromatic carbocycles. The Balaban J connectivity index is 2.15. The van der Waals surface area contributed by atoms with E-state index in [0.29, 0.717) is 22.6 Å². The minimum Gasteiger partial charge on any atom is -0.493 e. The lowest BCUT2D eigenvalue weighted by molar-refractivity contribution is 0.271. The average Bonchev–Trinajstić information content (AvgIpc) is 2.48. The third-order valence-electron chi connectivity index (χ3n) is 2.79. The zero-order valence-corrected chi connectivity index (χ0v) is 10.9. The molecule has 0 bridgehead atoms. The number of hydrogen-bond donors (Lipinski definition) is 1. The molecule has 0 spiro atoms. The van der Waals surface area contributed by atoms with Crippen molar-refractivity contribution in [3.63, 3.8) is 0 Å². The predicted molar refractivity (Wildman–Crippen MR) is 69.6 cm³/mol. The van der Waals surface area contributed by atoms with Crippen LogP contribution in [0.3, 0.4) is 0 Å². The predicted octanol–water partition coefficient (Wildman–Crippen LogP) is 3.04. The van der Waals surface area contributed by atoms with E-state index in [1.54, 1.807) is 18.2 Å².